The number of rotatable bonds is 17. The van der Waals surface area contributed by atoms with Gasteiger partial charge in [-0.2, -0.15) is 0 Å². The summed E-state index contributed by atoms with van der Waals surface area (Å²) >= 11 is 0. The number of hydrogen-bond donors (Lipinski definition) is 1. The summed E-state index contributed by atoms with van der Waals surface area (Å²) in [6.45, 7) is 13.3. The zero-order valence-electron chi connectivity index (χ0n) is 30.4. The van der Waals surface area contributed by atoms with Gasteiger partial charge in [-0.05, 0) is 103 Å². The van der Waals surface area contributed by atoms with Crippen LogP contribution in [-0.4, -0.2) is 52.6 Å². The Bertz CT molecular complexity index is 1740. The molecule has 274 valence electrons. The lowest BCUT2D eigenvalue weighted by atomic mass is 9.96. The van der Waals surface area contributed by atoms with Gasteiger partial charge in [0.2, 0.25) is 0 Å². The number of halogens is 1. The number of amides is 1. The smallest absolute Gasteiger partial charge is 0.251 e. The highest BCUT2D eigenvalue weighted by Gasteiger charge is 2.20. The van der Waals surface area contributed by atoms with Crippen LogP contribution < -0.4 is 15.0 Å². The van der Waals surface area contributed by atoms with Gasteiger partial charge in [0.05, 0.1) is 35.2 Å². The Morgan fingerprint density at radius 1 is 0.961 bits per heavy atom. The number of carbonyl (C=O) groups is 1. The van der Waals surface area contributed by atoms with Crippen molar-refractivity contribution in [2.45, 2.75) is 77.0 Å². The lowest BCUT2D eigenvalue weighted by Gasteiger charge is -2.30. The van der Waals surface area contributed by atoms with Gasteiger partial charge in [0.1, 0.15) is 12.4 Å². The van der Waals surface area contributed by atoms with Crippen molar-refractivity contribution in [3.8, 4) is 16.9 Å². The zero-order chi connectivity index (χ0) is 35.3. The van der Waals surface area contributed by atoms with E-state index in [0.29, 0.717) is 37.0 Å². The molecule has 0 saturated heterocycles. The summed E-state index contributed by atoms with van der Waals surface area (Å²) in [5.74, 6) is 1.62. The number of imidazole rings is 1. The summed E-state index contributed by atoms with van der Waals surface area (Å²) in [7, 11) is -1.21. The first kappa shape index (κ1) is 39.9. The van der Waals surface area contributed by atoms with Gasteiger partial charge in [-0.1, -0.05) is 52.3 Å². The maximum atomic E-state index is 13.7. The maximum absolute atomic E-state index is 13.7. The minimum atomic E-state index is -1.21. The number of aromatic nitrogens is 2. The van der Waals surface area contributed by atoms with Gasteiger partial charge in [0, 0.05) is 54.3 Å². The predicted octanol–water partition coefficient (Wildman–Crippen LogP) is 9.16. The van der Waals surface area contributed by atoms with Crippen LogP contribution in [0.5, 0.6) is 5.75 Å². The van der Waals surface area contributed by atoms with Gasteiger partial charge in [0.15, 0.2) is 0 Å². The number of ether oxygens (including phenoxy) is 2. The molecule has 0 radical (unpaired) electrons. The van der Waals surface area contributed by atoms with Crippen molar-refractivity contribution < 1.29 is 18.5 Å². The molecule has 0 spiro atoms. The van der Waals surface area contributed by atoms with Crippen molar-refractivity contribution in [2.75, 3.05) is 43.1 Å². The predicted molar refractivity (Wildman–Crippen MR) is 212 cm³/mol. The van der Waals surface area contributed by atoms with Crippen molar-refractivity contribution in [1.29, 1.82) is 0 Å². The van der Waals surface area contributed by atoms with Crippen molar-refractivity contribution in [2.24, 2.45) is 5.92 Å². The van der Waals surface area contributed by atoms with E-state index in [1.807, 2.05) is 36.4 Å². The van der Waals surface area contributed by atoms with E-state index >= 15 is 0 Å². The van der Waals surface area contributed by atoms with E-state index in [4.69, 9.17) is 9.47 Å². The fourth-order valence-corrected chi connectivity index (χ4v) is 7.24. The maximum Gasteiger partial charge on any atom is 0.251 e. The van der Waals surface area contributed by atoms with E-state index in [1.54, 1.807) is 12.5 Å². The summed E-state index contributed by atoms with van der Waals surface area (Å²) in [5.41, 5.74) is 6.73. The van der Waals surface area contributed by atoms with E-state index in [0.717, 1.165) is 96.2 Å². The minimum Gasteiger partial charge on any atom is -0.491 e. The van der Waals surface area contributed by atoms with E-state index in [1.165, 1.54) is 0 Å². The zero-order valence-corrected chi connectivity index (χ0v) is 32.1. The van der Waals surface area contributed by atoms with Crippen LogP contribution in [0.1, 0.15) is 71.1 Å². The molecule has 8 nitrogen and oxygen atoms in total. The fourth-order valence-electron chi connectivity index (χ4n) is 6.13. The van der Waals surface area contributed by atoms with Gasteiger partial charge in [-0.25, -0.2) is 4.98 Å². The summed E-state index contributed by atoms with van der Waals surface area (Å²) in [6, 6.07) is 22.1. The van der Waals surface area contributed by atoms with Crippen LogP contribution in [0.2, 0.25) is 0 Å². The molecule has 4 aromatic rings. The lowest BCUT2D eigenvalue weighted by molar-refractivity contribution is -0.112. The first-order valence-electron chi connectivity index (χ1n) is 18.0. The van der Waals surface area contributed by atoms with E-state index < -0.39 is 10.8 Å². The first-order valence-corrected chi connectivity index (χ1v) is 19.4. The molecule has 1 N–H and O–H groups in total. The topological polar surface area (TPSA) is 85.7 Å². The molecule has 1 aliphatic heterocycles. The third-order valence-electron chi connectivity index (χ3n) is 8.69. The van der Waals surface area contributed by atoms with Gasteiger partial charge in [-0.3, -0.25) is 9.00 Å². The molecule has 3 aromatic carbocycles. The van der Waals surface area contributed by atoms with Gasteiger partial charge in [-0.15, -0.1) is 12.4 Å². The summed E-state index contributed by atoms with van der Waals surface area (Å²) in [4.78, 5) is 21.1. The Balaban J connectivity index is 0.00000583. The third-order valence-corrected chi connectivity index (χ3v) is 10.0. The normalized spacial score (nSPS) is 14.5. The monoisotopic (exact) mass is 732 g/mol. The number of carbonyl (C=O) groups excluding carboxylic acids is 1. The number of fused-ring (bicyclic) bond motifs is 1. The molecule has 10 heteroatoms. The second-order valence-electron chi connectivity index (χ2n) is 13.3. The largest absolute Gasteiger partial charge is 0.491 e. The number of unbranched alkanes of at least 4 members (excludes halogenated alkanes) is 1. The average molecular weight is 733 g/mol. The molecule has 0 unspecified atom stereocenters. The highest BCUT2D eigenvalue weighted by atomic mass is 35.5. The molecule has 1 aromatic heterocycles. The Morgan fingerprint density at radius 3 is 2.45 bits per heavy atom. The Labute approximate surface area is 312 Å². The molecule has 0 bridgehead atoms. The van der Waals surface area contributed by atoms with E-state index in [2.05, 4.69) is 83.9 Å². The molecule has 5 rings (SSSR count). The Morgan fingerprint density at radius 2 is 1.73 bits per heavy atom. The van der Waals surface area contributed by atoms with Crippen molar-refractivity contribution in [1.82, 2.24) is 9.55 Å². The summed E-state index contributed by atoms with van der Waals surface area (Å²) < 4.78 is 26.7. The van der Waals surface area contributed by atoms with Crippen LogP contribution in [0.4, 0.5) is 11.4 Å². The molecular formula is C41H53ClN4O4S. The second kappa shape index (κ2) is 20.2. The van der Waals surface area contributed by atoms with Crippen LogP contribution in [-0.2, 0) is 32.6 Å². The summed E-state index contributed by atoms with van der Waals surface area (Å²) in [6.07, 6.45) is 10.4. The number of nitrogens with one attached hydrogen (secondary N) is 1. The number of nitrogens with zero attached hydrogens (tertiary/aromatic N) is 3. The molecular weight excluding hydrogens is 680 g/mol. The molecule has 1 aliphatic rings. The SMILES string of the molecule is CCCCOCCOc1ccc(-c2ccc3c(c2)/C=C(/C(=O)Nc2ccc([S@@](=O)Cc4cncn4CCC)cc2)CCCN3CC(C)C)cc1.Cl. The van der Waals surface area contributed by atoms with Crippen LogP contribution in [0.3, 0.4) is 0 Å². The van der Waals surface area contributed by atoms with Crippen LogP contribution in [0.15, 0.2) is 89.7 Å². The Kier molecular flexibility index (Phi) is 15.8. The van der Waals surface area contributed by atoms with Gasteiger partial charge in [0.25, 0.3) is 5.91 Å². The van der Waals surface area contributed by atoms with Gasteiger partial charge < -0.3 is 24.3 Å². The highest BCUT2D eigenvalue weighted by Crippen LogP contribution is 2.33. The quantitative estimate of drug-likeness (QED) is 0.109. The van der Waals surface area contributed by atoms with Crippen molar-refractivity contribution in [3.63, 3.8) is 0 Å². The summed E-state index contributed by atoms with van der Waals surface area (Å²) in [5, 5.41) is 3.10. The average Bonchev–Trinajstić information content (AvgIpc) is 3.54. The number of anilines is 2. The van der Waals surface area contributed by atoms with Crippen molar-refractivity contribution in [3.05, 3.63) is 96.1 Å². The third kappa shape index (κ3) is 11.5. The number of benzene rings is 3. The molecule has 1 atom stereocenters. The van der Waals surface area contributed by atoms with E-state index in [-0.39, 0.29) is 18.3 Å². The molecule has 51 heavy (non-hydrogen) atoms. The Hall–Kier alpha value is -3.92. The molecule has 0 aliphatic carbocycles. The molecule has 1 amide bonds. The highest BCUT2D eigenvalue weighted by molar-refractivity contribution is 7.84. The molecule has 0 saturated carbocycles. The van der Waals surface area contributed by atoms with Crippen molar-refractivity contribution >= 4 is 46.6 Å². The first-order chi connectivity index (χ1) is 24.3. The second-order valence-corrected chi connectivity index (χ2v) is 14.7. The lowest BCUT2D eigenvalue weighted by Crippen LogP contribution is -2.30. The minimum absolute atomic E-state index is 0. The number of hydrogen-bond acceptors (Lipinski definition) is 6. The fraction of sp³-hybridized carbons (Fsp3) is 0.415. The molecule has 0 fully saturated rings. The van der Waals surface area contributed by atoms with Crippen LogP contribution >= 0.6 is 12.4 Å². The van der Waals surface area contributed by atoms with Crippen LogP contribution in [0.25, 0.3) is 17.2 Å². The van der Waals surface area contributed by atoms with E-state index in [9.17, 15) is 9.00 Å². The van der Waals surface area contributed by atoms with Crippen LogP contribution in [0, 0.1) is 5.92 Å². The molecule has 2 heterocycles. The standard InChI is InChI=1S/C41H52N4O4S.ClH/c1-5-7-22-48-23-24-49-38-15-10-32(11-16-38)33-12-19-40-35(25-33)26-34(9-8-21-44(40)28-31(3)4)41(46)43-36-13-17-39(18-14-36)50(47)29-37-27-42-30-45(37)20-6-2;/h10-19,25-27,30-31H,5-9,20-24,28-29H2,1-4H3,(H,43,46);1H/b34-26+;/t50-;/m0./s1. The van der Waals surface area contributed by atoms with Gasteiger partial charge >= 0.3 is 0 Å². The number of aryl methyl sites for hydroxylation is 1.